The zero-order chi connectivity index (χ0) is 7.56. The normalized spacial score (nSPS) is 32.0. The van der Waals surface area contributed by atoms with Crippen LogP contribution in [0.15, 0.2) is 4.99 Å². The molecular weight excluding hydrogens is 126 g/mol. The number of rotatable bonds is 2. The predicted octanol–water partition coefficient (Wildman–Crippen LogP) is 1.85. The summed E-state index contributed by atoms with van der Waals surface area (Å²) in [5.41, 5.74) is 0. The zero-order valence-electron chi connectivity index (χ0n) is 6.87. The molecule has 0 aromatic carbocycles. The Kier molecular flexibility index (Phi) is 2.44. The van der Waals surface area contributed by atoms with Crippen LogP contribution >= 0.6 is 0 Å². The molecule has 1 aliphatic rings. The van der Waals surface area contributed by atoms with E-state index in [-0.39, 0.29) is 12.3 Å². The molecule has 2 heteroatoms. The highest BCUT2D eigenvalue weighted by Gasteiger charge is 2.16. The van der Waals surface area contributed by atoms with Gasteiger partial charge in [-0.15, -0.1) is 0 Å². The van der Waals surface area contributed by atoms with E-state index < -0.39 is 0 Å². The van der Waals surface area contributed by atoms with Crippen LogP contribution < -0.4 is 0 Å². The maximum Gasteiger partial charge on any atom is 0.149 e. The van der Waals surface area contributed by atoms with Gasteiger partial charge in [0.15, 0.2) is 0 Å². The molecule has 0 unspecified atom stereocenters. The molecule has 0 aromatic rings. The summed E-state index contributed by atoms with van der Waals surface area (Å²) < 4.78 is 5.45. The fraction of sp³-hybridized carbons (Fsp3) is 0.875. The van der Waals surface area contributed by atoms with Crippen LogP contribution in [-0.2, 0) is 4.74 Å². The molecule has 1 heterocycles. The maximum atomic E-state index is 5.45. The third-order valence-electron chi connectivity index (χ3n) is 1.51. The first-order valence-corrected chi connectivity index (χ1v) is 3.87. The van der Waals surface area contributed by atoms with Gasteiger partial charge in [0.25, 0.3) is 0 Å². The number of hydrogen-bond donors (Lipinski definition) is 0. The lowest BCUT2D eigenvalue weighted by Gasteiger charge is -2.10. The lowest BCUT2D eigenvalue weighted by molar-refractivity contribution is 0.0474. The number of aliphatic imine (C=N–C) groups is 1. The maximum absolute atomic E-state index is 5.45. The van der Waals surface area contributed by atoms with Crippen molar-refractivity contribution in [1.82, 2.24) is 0 Å². The highest BCUT2D eigenvalue weighted by atomic mass is 16.5. The van der Waals surface area contributed by atoms with Crippen molar-refractivity contribution >= 4 is 6.21 Å². The van der Waals surface area contributed by atoms with E-state index >= 15 is 0 Å². The van der Waals surface area contributed by atoms with Gasteiger partial charge in [0.1, 0.15) is 6.23 Å². The first kappa shape index (κ1) is 7.73. The Hall–Kier alpha value is -0.370. The smallest absolute Gasteiger partial charge is 0.149 e. The molecule has 0 N–H and O–H groups in total. The van der Waals surface area contributed by atoms with Crippen LogP contribution in [0.3, 0.4) is 0 Å². The quantitative estimate of drug-likeness (QED) is 0.575. The first-order valence-electron chi connectivity index (χ1n) is 3.87. The second kappa shape index (κ2) is 3.15. The van der Waals surface area contributed by atoms with Crippen molar-refractivity contribution in [3.05, 3.63) is 0 Å². The first-order chi connectivity index (χ1) is 4.68. The van der Waals surface area contributed by atoms with Crippen LogP contribution in [-0.4, -0.2) is 18.5 Å². The molecule has 0 spiro atoms. The van der Waals surface area contributed by atoms with Gasteiger partial charge in [0.05, 0.1) is 6.10 Å². The summed E-state index contributed by atoms with van der Waals surface area (Å²) in [5, 5.41) is 0. The van der Waals surface area contributed by atoms with Crippen molar-refractivity contribution < 1.29 is 4.74 Å². The van der Waals surface area contributed by atoms with E-state index in [4.69, 9.17) is 4.74 Å². The molecule has 0 aromatic heterocycles. The Labute approximate surface area is 62.3 Å². The standard InChI is InChI=1S/C8H15NO/c1-6(2)4-8-9-5-7(3)10-8/h5-8H,4H2,1-3H3/t7-,8-/m0/s1. The Bertz CT molecular complexity index is 131. The van der Waals surface area contributed by atoms with Crippen molar-refractivity contribution in [2.24, 2.45) is 10.9 Å². The van der Waals surface area contributed by atoms with E-state index in [1.807, 2.05) is 13.1 Å². The number of hydrogen-bond acceptors (Lipinski definition) is 2. The highest BCUT2D eigenvalue weighted by Crippen LogP contribution is 2.14. The Morgan fingerprint density at radius 2 is 2.30 bits per heavy atom. The van der Waals surface area contributed by atoms with Gasteiger partial charge in [-0.3, -0.25) is 4.99 Å². The van der Waals surface area contributed by atoms with Gasteiger partial charge in [-0.1, -0.05) is 13.8 Å². The molecule has 1 rings (SSSR count). The largest absolute Gasteiger partial charge is 0.348 e. The Balaban J connectivity index is 2.26. The van der Waals surface area contributed by atoms with Gasteiger partial charge < -0.3 is 4.74 Å². The SMILES string of the molecule is CC(C)C[C@H]1N=C[C@H](C)O1. The van der Waals surface area contributed by atoms with Crippen LogP contribution in [0.1, 0.15) is 27.2 Å². The van der Waals surface area contributed by atoms with Crippen molar-refractivity contribution in [2.45, 2.75) is 39.5 Å². The van der Waals surface area contributed by atoms with Crippen molar-refractivity contribution in [2.75, 3.05) is 0 Å². The molecule has 0 radical (unpaired) electrons. The van der Waals surface area contributed by atoms with E-state index in [1.165, 1.54) is 0 Å². The molecule has 0 fully saturated rings. The average molecular weight is 141 g/mol. The van der Waals surface area contributed by atoms with Crippen molar-refractivity contribution in [1.29, 1.82) is 0 Å². The monoisotopic (exact) mass is 141 g/mol. The molecule has 2 nitrogen and oxygen atoms in total. The molecule has 58 valence electrons. The summed E-state index contributed by atoms with van der Waals surface area (Å²) >= 11 is 0. The van der Waals surface area contributed by atoms with Crippen molar-refractivity contribution in [3.8, 4) is 0 Å². The van der Waals surface area contributed by atoms with E-state index in [2.05, 4.69) is 18.8 Å². The third-order valence-corrected chi connectivity index (χ3v) is 1.51. The molecule has 10 heavy (non-hydrogen) atoms. The van der Waals surface area contributed by atoms with E-state index in [0.717, 1.165) is 6.42 Å². The summed E-state index contributed by atoms with van der Waals surface area (Å²) in [5.74, 6) is 0.674. The molecule has 2 atom stereocenters. The second-order valence-electron chi connectivity index (χ2n) is 3.22. The zero-order valence-corrected chi connectivity index (χ0v) is 6.87. The second-order valence-corrected chi connectivity index (χ2v) is 3.22. The van der Waals surface area contributed by atoms with Gasteiger partial charge >= 0.3 is 0 Å². The van der Waals surface area contributed by atoms with Gasteiger partial charge in [-0.2, -0.15) is 0 Å². The summed E-state index contributed by atoms with van der Waals surface area (Å²) in [4.78, 5) is 4.21. The Morgan fingerprint density at radius 3 is 2.70 bits per heavy atom. The van der Waals surface area contributed by atoms with Crippen LogP contribution in [0.25, 0.3) is 0 Å². The summed E-state index contributed by atoms with van der Waals surface area (Å²) in [6.07, 6.45) is 3.28. The van der Waals surface area contributed by atoms with E-state index in [9.17, 15) is 0 Å². The molecule has 0 saturated heterocycles. The number of nitrogens with zero attached hydrogens (tertiary/aromatic N) is 1. The minimum absolute atomic E-state index is 0.134. The van der Waals surface area contributed by atoms with E-state index in [0.29, 0.717) is 5.92 Å². The molecule has 0 saturated carbocycles. The van der Waals surface area contributed by atoms with Crippen LogP contribution in [0.4, 0.5) is 0 Å². The molecule has 1 aliphatic heterocycles. The molecule has 0 amide bonds. The average Bonchev–Trinajstić information content (AvgIpc) is 2.13. The van der Waals surface area contributed by atoms with Gasteiger partial charge in [-0.05, 0) is 19.3 Å². The van der Waals surface area contributed by atoms with Gasteiger partial charge in [-0.25, -0.2) is 0 Å². The molecule has 0 aliphatic carbocycles. The summed E-state index contributed by atoms with van der Waals surface area (Å²) in [6, 6.07) is 0. The van der Waals surface area contributed by atoms with Gasteiger partial charge in [0, 0.05) is 6.21 Å². The summed E-state index contributed by atoms with van der Waals surface area (Å²) in [7, 11) is 0. The van der Waals surface area contributed by atoms with Crippen LogP contribution in [0.2, 0.25) is 0 Å². The highest BCUT2D eigenvalue weighted by molar-refractivity contribution is 5.64. The topological polar surface area (TPSA) is 21.6 Å². The van der Waals surface area contributed by atoms with Crippen molar-refractivity contribution in [3.63, 3.8) is 0 Å². The summed E-state index contributed by atoms with van der Waals surface area (Å²) in [6.45, 7) is 6.38. The molecular formula is C8H15NO. The fourth-order valence-electron chi connectivity index (χ4n) is 1.05. The minimum Gasteiger partial charge on any atom is -0.348 e. The van der Waals surface area contributed by atoms with Crippen LogP contribution in [0.5, 0.6) is 0 Å². The fourth-order valence-corrected chi connectivity index (χ4v) is 1.05. The van der Waals surface area contributed by atoms with Gasteiger partial charge in [0.2, 0.25) is 0 Å². The Morgan fingerprint density at radius 1 is 1.60 bits per heavy atom. The molecule has 0 bridgehead atoms. The third kappa shape index (κ3) is 2.10. The van der Waals surface area contributed by atoms with E-state index in [1.54, 1.807) is 0 Å². The predicted molar refractivity (Wildman–Crippen MR) is 42.3 cm³/mol. The lowest BCUT2D eigenvalue weighted by atomic mass is 10.1. The minimum atomic E-state index is 0.134. The van der Waals surface area contributed by atoms with Crippen LogP contribution in [0, 0.1) is 5.92 Å². The lowest BCUT2D eigenvalue weighted by Crippen LogP contribution is -2.12. The number of ether oxygens (including phenoxy) is 1.